The second kappa shape index (κ2) is 4.02. The maximum Gasteiger partial charge on any atom is 0.331 e. The van der Waals surface area contributed by atoms with Crippen molar-refractivity contribution in [1.29, 1.82) is 0 Å². The first-order chi connectivity index (χ1) is 7.18. The summed E-state index contributed by atoms with van der Waals surface area (Å²) in [6.45, 7) is 0. The Morgan fingerprint density at radius 2 is 2.27 bits per heavy atom. The van der Waals surface area contributed by atoms with E-state index in [4.69, 9.17) is 5.11 Å². The average Bonchev–Trinajstić information content (AvgIpc) is 2.91. The highest BCUT2D eigenvalue weighted by Crippen LogP contribution is 2.30. The van der Waals surface area contributed by atoms with Gasteiger partial charge in [0.05, 0.1) is 0 Å². The van der Waals surface area contributed by atoms with Crippen LogP contribution < -0.4 is 5.32 Å². The van der Waals surface area contributed by atoms with E-state index < -0.39 is 12.0 Å². The van der Waals surface area contributed by atoms with Crippen LogP contribution in [0.5, 0.6) is 0 Å². The van der Waals surface area contributed by atoms with E-state index >= 15 is 0 Å². The van der Waals surface area contributed by atoms with Crippen molar-refractivity contribution >= 4 is 23.2 Å². The molecule has 0 aromatic carbocycles. The molecule has 1 aromatic heterocycles. The van der Waals surface area contributed by atoms with Gasteiger partial charge in [0.15, 0.2) is 6.04 Å². The lowest BCUT2D eigenvalue weighted by molar-refractivity contribution is -0.142. The molecule has 1 fully saturated rings. The van der Waals surface area contributed by atoms with E-state index in [1.165, 1.54) is 11.3 Å². The molecule has 1 aliphatic carbocycles. The lowest BCUT2D eigenvalue weighted by atomic mass is 10.2. The highest BCUT2D eigenvalue weighted by atomic mass is 32.1. The van der Waals surface area contributed by atoms with Crippen molar-refractivity contribution in [2.24, 2.45) is 5.92 Å². The van der Waals surface area contributed by atoms with Crippen molar-refractivity contribution < 1.29 is 14.7 Å². The number of carbonyl (C=O) groups excluding carboxylic acids is 1. The minimum atomic E-state index is -1.01. The Balaban J connectivity index is 2.06. The van der Waals surface area contributed by atoms with Crippen LogP contribution in [0.3, 0.4) is 0 Å². The topological polar surface area (TPSA) is 66.4 Å². The zero-order valence-electron chi connectivity index (χ0n) is 7.97. The van der Waals surface area contributed by atoms with E-state index in [2.05, 4.69) is 5.32 Å². The Hall–Kier alpha value is -1.36. The van der Waals surface area contributed by atoms with Crippen LogP contribution >= 0.6 is 11.3 Å². The second-order valence-electron chi connectivity index (χ2n) is 3.57. The van der Waals surface area contributed by atoms with Crippen molar-refractivity contribution in [3.63, 3.8) is 0 Å². The van der Waals surface area contributed by atoms with Crippen LogP contribution in [0.25, 0.3) is 0 Å². The number of rotatable bonds is 4. The standard InChI is InChI=1S/C10H11NO3S/c12-9(6-3-4-6)11-8(10(13)14)7-2-1-5-15-7/h1-2,5-6,8H,3-4H2,(H,11,12)(H,13,14). The molecule has 1 unspecified atom stereocenters. The van der Waals surface area contributed by atoms with Gasteiger partial charge >= 0.3 is 5.97 Å². The molecule has 0 aliphatic heterocycles. The molecule has 2 N–H and O–H groups in total. The zero-order chi connectivity index (χ0) is 10.8. The van der Waals surface area contributed by atoms with Gasteiger partial charge in [0, 0.05) is 10.8 Å². The van der Waals surface area contributed by atoms with Gasteiger partial charge in [-0.2, -0.15) is 0 Å². The SMILES string of the molecule is O=C(NC(C(=O)O)c1cccs1)C1CC1. The Kier molecular flexibility index (Phi) is 2.73. The van der Waals surface area contributed by atoms with E-state index in [1.807, 2.05) is 0 Å². The Morgan fingerprint density at radius 3 is 2.73 bits per heavy atom. The van der Waals surface area contributed by atoms with Crippen molar-refractivity contribution in [3.05, 3.63) is 22.4 Å². The summed E-state index contributed by atoms with van der Waals surface area (Å²) in [4.78, 5) is 23.1. The number of hydrogen-bond acceptors (Lipinski definition) is 3. The second-order valence-corrected chi connectivity index (χ2v) is 4.55. The molecule has 15 heavy (non-hydrogen) atoms. The number of aliphatic carboxylic acids is 1. The summed E-state index contributed by atoms with van der Waals surface area (Å²) in [7, 11) is 0. The lowest BCUT2D eigenvalue weighted by Crippen LogP contribution is -2.34. The molecular weight excluding hydrogens is 214 g/mol. The van der Waals surface area contributed by atoms with Crippen LogP contribution in [0.2, 0.25) is 0 Å². The molecule has 80 valence electrons. The van der Waals surface area contributed by atoms with Gasteiger partial charge in [0.1, 0.15) is 0 Å². The van der Waals surface area contributed by atoms with Crippen molar-refractivity contribution in [3.8, 4) is 0 Å². The van der Waals surface area contributed by atoms with Crippen LogP contribution in [0.4, 0.5) is 0 Å². The van der Waals surface area contributed by atoms with Gasteiger partial charge in [-0.25, -0.2) is 4.79 Å². The van der Waals surface area contributed by atoms with E-state index in [0.29, 0.717) is 4.88 Å². The van der Waals surface area contributed by atoms with E-state index in [9.17, 15) is 9.59 Å². The summed E-state index contributed by atoms with van der Waals surface area (Å²) >= 11 is 1.34. The summed E-state index contributed by atoms with van der Waals surface area (Å²) in [6, 6.07) is 2.61. The summed E-state index contributed by atoms with van der Waals surface area (Å²) < 4.78 is 0. The van der Waals surface area contributed by atoms with Crippen LogP contribution in [0.15, 0.2) is 17.5 Å². The monoisotopic (exact) mass is 225 g/mol. The Labute approximate surface area is 90.9 Å². The van der Waals surface area contributed by atoms with Crippen LogP contribution in [-0.2, 0) is 9.59 Å². The van der Waals surface area contributed by atoms with Gasteiger partial charge < -0.3 is 10.4 Å². The molecule has 0 saturated heterocycles. The maximum atomic E-state index is 11.4. The van der Waals surface area contributed by atoms with E-state index in [1.54, 1.807) is 17.5 Å². The molecule has 0 bridgehead atoms. The minimum absolute atomic E-state index is 0.0341. The zero-order valence-corrected chi connectivity index (χ0v) is 8.79. The van der Waals surface area contributed by atoms with Gasteiger partial charge in [0.25, 0.3) is 0 Å². The fourth-order valence-corrected chi connectivity index (χ4v) is 2.08. The fraction of sp³-hybridized carbons (Fsp3) is 0.400. The Morgan fingerprint density at radius 1 is 1.53 bits per heavy atom. The summed E-state index contributed by atoms with van der Waals surface area (Å²) in [5.74, 6) is -1.12. The molecule has 5 heteroatoms. The fourth-order valence-electron chi connectivity index (χ4n) is 1.32. The third kappa shape index (κ3) is 2.36. The maximum absolute atomic E-state index is 11.4. The number of hydrogen-bond donors (Lipinski definition) is 2. The van der Waals surface area contributed by atoms with Crippen LogP contribution in [0.1, 0.15) is 23.8 Å². The van der Waals surface area contributed by atoms with Crippen molar-refractivity contribution in [2.45, 2.75) is 18.9 Å². The third-order valence-corrected chi connectivity index (χ3v) is 3.25. The number of carboxylic acid groups (broad SMARTS) is 1. The first-order valence-electron chi connectivity index (χ1n) is 4.75. The summed E-state index contributed by atoms with van der Waals surface area (Å²) in [6.07, 6.45) is 1.76. The Bertz CT molecular complexity index is 370. The minimum Gasteiger partial charge on any atom is -0.479 e. The predicted octanol–water partition coefficient (Wildman–Crippen LogP) is 1.40. The normalized spacial score (nSPS) is 17.1. The predicted molar refractivity (Wildman–Crippen MR) is 55.6 cm³/mol. The van der Waals surface area contributed by atoms with Gasteiger partial charge in [-0.15, -0.1) is 11.3 Å². The number of nitrogens with one attached hydrogen (secondary N) is 1. The van der Waals surface area contributed by atoms with Crippen molar-refractivity contribution in [2.75, 3.05) is 0 Å². The van der Waals surface area contributed by atoms with Crippen LogP contribution in [-0.4, -0.2) is 17.0 Å². The lowest BCUT2D eigenvalue weighted by Gasteiger charge is -2.12. The van der Waals surface area contributed by atoms with Gasteiger partial charge in [-0.05, 0) is 24.3 Å². The molecule has 0 spiro atoms. The molecule has 1 atom stereocenters. The molecule has 1 saturated carbocycles. The highest BCUT2D eigenvalue weighted by molar-refractivity contribution is 7.10. The van der Waals surface area contributed by atoms with Gasteiger partial charge in [-0.3, -0.25) is 4.79 Å². The van der Waals surface area contributed by atoms with Crippen LogP contribution in [0, 0.1) is 5.92 Å². The molecule has 1 heterocycles. The molecule has 1 aliphatic rings. The largest absolute Gasteiger partial charge is 0.479 e. The van der Waals surface area contributed by atoms with Gasteiger partial charge in [0.2, 0.25) is 5.91 Å². The molecule has 2 rings (SSSR count). The quantitative estimate of drug-likeness (QED) is 0.814. The number of carbonyl (C=O) groups is 2. The first-order valence-corrected chi connectivity index (χ1v) is 5.63. The van der Waals surface area contributed by atoms with E-state index in [0.717, 1.165) is 12.8 Å². The number of carboxylic acids is 1. The average molecular weight is 225 g/mol. The molecule has 0 radical (unpaired) electrons. The molecular formula is C10H11NO3S. The third-order valence-electron chi connectivity index (χ3n) is 2.31. The first kappa shape index (κ1) is 10.2. The van der Waals surface area contributed by atoms with Gasteiger partial charge in [-0.1, -0.05) is 6.07 Å². The summed E-state index contributed by atoms with van der Waals surface area (Å²) in [5, 5.41) is 13.3. The number of amides is 1. The van der Waals surface area contributed by atoms with E-state index in [-0.39, 0.29) is 11.8 Å². The number of thiophene rings is 1. The molecule has 1 amide bonds. The summed E-state index contributed by atoms with van der Waals surface area (Å²) in [5.41, 5.74) is 0. The molecule has 1 aromatic rings. The smallest absolute Gasteiger partial charge is 0.331 e. The highest BCUT2D eigenvalue weighted by Gasteiger charge is 2.33. The molecule has 4 nitrogen and oxygen atoms in total. The van der Waals surface area contributed by atoms with Crippen molar-refractivity contribution in [1.82, 2.24) is 5.32 Å².